The van der Waals surface area contributed by atoms with Gasteiger partial charge in [-0.3, -0.25) is 4.79 Å². The number of ether oxygens (including phenoxy) is 1. The fourth-order valence-electron chi connectivity index (χ4n) is 2.28. The molecule has 0 saturated carbocycles. The van der Waals surface area contributed by atoms with E-state index in [1.54, 1.807) is 7.11 Å². The quantitative estimate of drug-likeness (QED) is 0.863. The molecule has 0 aliphatic carbocycles. The van der Waals surface area contributed by atoms with Gasteiger partial charge in [0.05, 0.1) is 18.0 Å². The Morgan fingerprint density at radius 2 is 2.00 bits per heavy atom. The van der Waals surface area contributed by atoms with Crippen LogP contribution in [0, 0.1) is 13.8 Å². The number of fused-ring (bicyclic) bond motifs is 1. The summed E-state index contributed by atoms with van der Waals surface area (Å²) >= 11 is 0. The highest BCUT2D eigenvalue weighted by molar-refractivity contribution is 5.88. The van der Waals surface area contributed by atoms with Gasteiger partial charge in [0.15, 0.2) is 5.43 Å². The topological polar surface area (TPSA) is 42.1 Å². The SMILES string of the molecule is CCc1c(C)[nH]c2c(OC)ccc(C)c2c1=O. The second-order valence-electron chi connectivity index (χ2n) is 4.25. The molecule has 1 aromatic heterocycles. The number of H-pyrrole nitrogens is 1. The number of pyridine rings is 1. The summed E-state index contributed by atoms with van der Waals surface area (Å²) in [5.41, 5.74) is 3.68. The first-order valence-electron chi connectivity index (χ1n) is 5.79. The molecule has 1 N–H and O–H groups in total. The van der Waals surface area contributed by atoms with Crippen molar-refractivity contribution in [1.29, 1.82) is 0 Å². The van der Waals surface area contributed by atoms with Crippen molar-refractivity contribution < 1.29 is 4.74 Å². The largest absolute Gasteiger partial charge is 0.495 e. The predicted molar refractivity (Wildman–Crippen MR) is 70.0 cm³/mol. The number of aromatic nitrogens is 1. The molecule has 0 unspecified atom stereocenters. The van der Waals surface area contributed by atoms with Crippen LogP contribution in [-0.4, -0.2) is 12.1 Å². The summed E-state index contributed by atoms with van der Waals surface area (Å²) in [6.45, 7) is 5.88. The van der Waals surface area contributed by atoms with Crippen LogP contribution < -0.4 is 10.2 Å². The Balaban J connectivity index is 3.00. The van der Waals surface area contributed by atoms with Crippen molar-refractivity contribution in [3.05, 3.63) is 39.2 Å². The second-order valence-corrected chi connectivity index (χ2v) is 4.25. The number of nitrogens with one attached hydrogen (secondary N) is 1. The Morgan fingerprint density at radius 1 is 1.29 bits per heavy atom. The van der Waals surface area contributed by atoms with E-state index in [0.29, 0.717) is 5.75 Å². The van der Waals surface area contributed by atoms with Crippen molar-refractivity contribution >= 4 is 10.9 Å². The Bertz CT molecular complexity index is 626. The lowest BCUT2D eigenvalue weighted by molar-refractivity contribution is 0.418. The Kier molecular flexibility index (Phi) is 2.92. The lowest BCUT2D eigenvalue weighted by atomic mass is 10.0. The summed E-state index contributed by atoms with van der Waals surface area (Å²) in [5, 5.41) is 0.742. The van der Waals surface area contributed by atoms with E-state index in [9.17, 15) is 4.79 Å². The van der Waals surface area contributed by atoms with E-state index in [0.717, 1.165) is 34.1 Å². The van der Waals surface area contributed by atoms with Crippen LogP contribution >= 0.6 is 0 Å². The van der Waals surface area contributed by atoms with E-state index in [1.165, 1.54) is 0 Å². The minimum Gasteiger partial charge on any atom is -0.495 e. The molecule has 3 nitrogen and oxygen atoms in total. The zero-order valence-electron chi connectivity index (χ0n) is 10.7. The van der Waals surface area contributed by atoms with E-state index in [1.807, 2.05) is 32.9 Å². The third kappa shape index (κ3) is 1.71. The third-order valence-electron chi connectivity index (χ3n) is 3.22. The molecule has 0 atom stereocenters. The molecule has 1 heterocycles. The Hall–Kier alpha value is -1.77. The minimum atomic E-state index is 0.121. The molecule has 0 aliphatic heterocycles. The van der Waals surface area contributed by atoms with Crippen molar-refractivity contribution in [2.75, 3.05) is 7.11 Å². The molecule has 17 heavy (non-hydrogen) atoms. The first kappa shape index (κ1) is 11.7. The molecule has 90 valence electrons. The minimum absolute atomic E-state index is 0.121. The van der Waals surface area contributed by atoms with Crippen LogP contribution in [0.25, 0.3) is 10.9 Å². The second kappa shape index (κ2) is 4.24. The molecule has 0 spiro atoms. The molecule has 2 aromatic rings. The number of benzene rings is 1. The number of aryl methyl sites for hydroxylation is 2. The van der Waals surface area contributed by atoms with Gasteiger partial charge >= 0.3 is 0 Å². The zero-order chi connectivity index (χ0) is 12.6. The number of rotatable bonds is 2. The van der Waals surface area contributed by atoms with Gasteiger partial charge in [0.2, 0.25) is 0 Å². The smallest absolute Gasteiger partial charge is 0.193 e. The van der Waals surface area contributed by atoms with Gasteiger partial charge in [-0.15, -0.1) is 0 Å². The summed E-state index contributed by atoms with van der Waals surface area (Å²) in [5.74, 6) is 0.716. The van der Waals surface area contributed by atoms with Crippen molar-refractivity contribution in [2.45, 2.75) is 27.2 Å². The summed E-state index contributed by atoms with van der Waals surface area (Å²) in [7, 11) is 1.62. The first-order chi connectivity index (χ1) is 8.10. The predicted octanol–water partition coefficient (Wildman–Crippen LogP) is 2.72. The van der Waals surface area contributed by atoms with Gasteiger partial charge in [-0.1, -0.05) is 13.0 Å². The number of methoxy groups -OCH3 is 1. The van der Waals surface area contributed by atoms with Gasteiger partial charge in [-0.05, 0) is 31.9 Å². The summed E-state index contributed by atoms with van der Waals surface area (Å²) < 4.78 is 5.30. The van der Waals surface area contributed by atoms with Gasteiger partial charge in [0, 0.05) is 11.3 Å². The van der Waals surface area contributed by atoms with E-state index >= 15 is 0 Å². The highest BCUT2D eigenvalue weighted by Gasteiger charge is 2.12. The molecule has 0 amide bonds. The van der Waals surface area contributed by atoms with Crippen molar-refractivity contribution in [3.63, 3.8) is 0 Å². The normalized spacial score (nSPS) is 10.8. The fourth-order valence-corrected chi connectivity index (χ4v) is 2.28. The van der Waals surface area contributed by atoms with Crippen molar-refractivity contribution in [3.8, 4) is 5.75 Å². The Morgan fingerprint density at radius 3 is 2.59 bits per heavy atom. The number of hydrogen-bond acceptors (Lipinski definition) is 2. The molecule has 3 heteroatoms. The van der Waals surface area contributed by atoms with Crippen LogP contribution in [0.5, 0.6) is 5.75 Å². The van der Waals surface area contributed by atoms with Crippen LogP contribution in [0.2, 0.25) is 0 Å². The summed E-state index contributed by atoms with van der Waals surface area (Å²) in [6.07, 6.45) is 0.744. The maximum atomic E-state index is 12.4. The van der Waals surface area contributed by atoms with Gasteiger partial charge in [-0.2, -0.15) is 0 Å². The van der Waals surface area contributed by atoms with E-state index in [2.05, 4.69) is 4.98 Å². The lowest BCUT2D eigenvalue weighted by Gasteiger charge is -2.11. The maximum absolute atomic E-state index is 12.4. The monoisotopic (exact) mass is 231 g/mol. The fraction of sp³-hybridized carbons (Fsp3) is 0.357. The molecule has 0 radical (unpaired) electrons. The number of aromatic amines is 1. The van der Waals surface area contributed by atoms with E-state index in [-0.39, 0.29) is 5.43 Å². The van der Waals surface area contributed by atoms with Crippen LogP contribution in [0.1, 0.15) is 23.7 Å². The van der Waals surface area contributed by atoms with Gasteiger partial charge in [0.1, 0.15) is 5.75 Å². The molecule has 0 bridgehead atoms. The molecular weight excluding hydrogens is 214 g/mol. The van der Waals surface area contributed by atoms with E-state index < -0.39 is 0 Å². The molecule has 2 rings (SSSR count). The van der Waals surface area contributed by atoms with Gasteiger partial charge in [-0.25, -0.2) is 0 Å². The molecular formula is C14H17NO2. The highest BCUT2D eigenvalue weighted by Crippen LogP contribution is 2.25. The van der Waals surface area contributed by atoms with Gasteiger partial charge in [0.25, 0.3) is 0 Å². The molecule has 1 aromatic carbocycles. The van der Waals surface area contributed by atoms with E-state index in [4.69, 9.17) is 4.74 Å². The van der Waals surface area contributed by atoms with Crippen molar-refractivity contribution in [1.82, 2.24) is 4.98 Å². The van der Waals surface area contributed by atoms with Crippen LogP contribution in [0.3, 0.4) is 0 Å². The molecule has 0 saturated heterocycles. The summed E-state index contributed by atoms with van der Waals surface area (Å²) in [4.78, 5) is 15.7. The molecule has 0 aliphatic rings. The lowest BCUT2D eigenvalue weighted by Crippen LogP contribution is -2.14. The average Bonchev–Trinajstić information content (AvgIpc) is 2.29. The van der Waals surface area contributed by atoms with Gasteiger partial charge < -0.3 is 9.72 Å². The third-order valence-corrected chi connectivity index (χ3v) is 3.22. The van der Waals surface area contributed by atoms with Crippen LogP contribution in [0.15, 0.2) is 16.9 Å². The highest BCUT2D eigenvalue weighted by atomic mass is 16.5. The maximum Gasteiger partial charge on any atom is 0.193 e. The number of hydrogen-bond donors (Lipinski definition) is 1. The van der Waals surface area contributed by atoms with Crippen molar-refractivity contribution in [2.24, 2.45) is 0 Å². The van der Waals surface area contributed by atoms with Crippen LogP contribution in [0.4, 0.5) is 0 Å². The Labute approximate surface area is 100 Å². The summed E-state index contributed by atoms with van der Waals surface area (Å²) in [6, 6.07) is 3.81. The average molecular weight is 231 g/mol. The molecule has 0 fully saturated rings. The van der Waals surface area contributed by atoms with Crippen LogP contribution in [-0.2, 0) is 6.42 Å². The zero-order valence-corrected chi connectivity index (χ0v) is 10.7. The first-order valence-corrected chi connectivity index (χ1v) is 5.79. The standard InChI is InChI=1S/C14H17NO2/c1-5-10-9(3)15-13-11(17-4)7-6-8(2)12(13)14(10)16/h6-7H,5H2,1-4H3,(H,15,16).